The summed E-state index contributed by atoms with van der Waals surface area (Å²) < 4.78 is 32.5. The van der Waals surface area contributed by atoms with Gasteiger partial charge in [0.25, 0.3) is 0 Å². The molecule has 1 unspecified atom stereocenters. The molecule has 1 aromatic heterocycles. The Morgan fingerprint density at radius 1 is 1.40 bits per heavy atom. The minimum absolute atomic E-state index is 0.193. The van der Waals surface area contributed by atoms with Crippen LogP contribution in [0.3, 0.4) is 0 Å². The van der Waals surface area contributed by atoms with Gasteiger partial charge in [-0.1, -0.05) is 13.8 Å². The van der Waals surface area contributed by atoms with Crippen molar-refractivity contribution in [2.75, 3.05) is 20.3 Å². The molecule has 0 fully saturated rings. The molecule has 1 atom stereocenters. The first-order chi connectivity index (χ1) is 9.44. The summed E-state index contributed by atoms with van der Waals surface area (Å²) in [7, 11) is -1.91. The van der Waals surface area contributed by atoms with E-state index >= 15 is 0 Å². The molecule has 1 heterocycles. The van der Waals surface area contributed by atoms with Gasteiger partial charge in [-0.3, -0.25) is 0 Å². The van der Waals surface area contributed by atoms with Crippen molar-refractivity contribution >= 4 is 21.4 Å². The molecule has 0 aromatic carbocycles. The Balaban J connectivity index is 2.88. The Bertz CT molecular complexity index is 512. The van der Waals surface area contributed by atoms with Crippen molar-refractivity contribution in [1.29, 1.82) is 0 Å². The van der Waals surface area contributed by atoms with Crippen LogP contribution < -0.4 is 10.0 Å². The summed E-state index contributed by atoms with van der Waals surface area (Å²) in [5.41, 5.74) is 0. The average Bonchev–Trinajstić information content (AvgIpc) is 2.77. The Labute approximate surface area is 125 Å². The zero-order chi connectivity index (χ0) is 15.2. The molecule has 0 spiro atoms. The fraction of sp³-hybridized carbons (Fsp3) is 0.692. The maximum absolute atomic E-state index is 12.4. The van der Waals surface area contributed by atoms with Gasteiger partial charge in [0, 0.05) is 29.5 Å². The average molecular weight is 320 g/mol. The SMILES string of the molecule is CCNCc1cc(S(=O)(=O)NC(CC)COC)c(C)s1. The van der Waals surface area contributed by atoms with Crippen LogP contribution in [-0.2, 0) is 21.3 Å². The van der Waals surface area contributed by atoms with E-state index in [0.29, 0.717) is 24.5 Å². The second-order valence-electron chi connectivity index (χ2n) is 4.60. The molecule has 0 radical (unpaired) electrons. The van der Waals surface area contributed by atoms with Crippen LogP contribution in [0.25, 0.3) is 0 Å². The molecule has 0 aliphatic heterocycles. The Kier molecular flexibility index (Phi) is 7.11. The van der Waals surface area contributed by atoms with E-state index in [4.69, 9.17) is 4.74 Å². The number of methoxy groups -OCH3 is 1. The summed E-state index contributed by atoms with van der Waals surface area (Å²) in [6, 6.07) is 1.56. The molecule has 2 N–H and O–H groups in total. The van der Waals surface area contributed by atoms with Crippen molar-refractivity contribution in [2.45, 2.75) is 44.7 Å². The van der Waals surface area contributed by atoms with Gasteiger partial charge in [-0.05, 0) is 26.0 Å². The molecule has 1 rings (SSSR count). The summed E-state index contributed by atoms with van der Waals surface area (Å²) in [6.07, 6.45) is 0.695. The van der Waals surface area contributed by atoms with E-state index < -0.39 is 10.0 Å². The van der Waals surface area contributed by atoms with Crippen LogP contribution in [0.4, 0.5) is 0 Å². The number of nitrogens with one attached hydrogen (secondary N) is 2. The topological polar surface area (TPSA) is 67.4 Å². The number of rotatable bonds is 9. The van der Waals surface area contributed by atoms with Crippen molar-refractivity contribution in [2.24, 2.45) is 0 Å². The monoisotopic (exact) mass is 320 g/mol. The molecule has 116 valence electrons. The lowest BCUT2D eigenvalue weighted by atomic mass is 10.3. The van der Waals surface area contributed by atoms with Crippen molar-refractivity contribution in [3.8, 4) is 0 Å². The first-order valence-electron chi connectivity index (χ1n) is 6.75. The molecule has 0 saturated heterocycles. The summed E-state index contributed by atoms with van der Waals surface area (Å²) >= 11 is 1.52. The Morgan fingerprint density at radius 2 is 2.10 bits per heavy atom. The second kappa shape index (κ2) is 8.09. The van der Waals surface area contributed by atoms with Crippen molar-refractivity contribution in [3.63, 3.8) is 0 Å². The number of ether oxygens (including phenoxy) is 1. The Morgan fingerprint density at radius 3 is 2.65 bits per heavy atom. The molecule has 20 heavy (non-hydrogen) atoms. The highest BCUT2D eigenvalue weighted by Gasteiger charge is 2.23. The van der Waals surface area contributed by atoms with E-state index in [0.717, 1.165) is 16.3 Å². The van der Waals surface area contributed by atoms with Gasteiger partial charge in [-0.15, -0.1) is 11.3 Å². The van der Waals surface area contributed by atoms with Gasteiger partial charge in [0.15, 0.2) is 0 Å². The third-order valence-electron chi connectivity index (χ3n) is 2.94. The fourth-order valence-corrected chi connectivity index (χ4v) is 4.75. The van der Waals surface area contributed by atoms with Crippen molar-refractivity contribution < 1.29 is 13.2 Å². The molecule has 5 nitrogen and oxygen atoms in total. The standard InChI is InChI=1S/C13H24N2O3S2/c1-5-11(9-18-4)15-20(16,17)13-7-12(8-14-6-2)19-10(13)3/h7,11,14-15H,5-6,8-9H2,1-4H3. The minimum Gasteiger partial charge on any atom is -0.383 e. The first-order valence-corrected chi connectivity index (χ1v) is 9.05. The third-order valence-corrected chi connectivity index (χ3v) is 5.77. The fourth-order valence-electron chi connectivity index (χ4n) is 1.85. The van der Waals surface area contributed by atoms with Crippen LogP contribution in [0.2, 0.25) is 0 Å². The third kappa shape index (κ3) is 4.82. The second-order valence-corrected chi connectivity index (χ2v) is 7.62. The van der Waals surface area contributed by atoms with Gasteiger partial charge in [0.05, 0.1) is 11.5 Å². The number of aryl methyl sites for hydroxylation is 1. The quantitative estimate of drug-likeness (QED) is 0.729. The largest absolute Gasteiger partial charge is 0.383 e. The molecular weight excluding hydrogens is 296 g/mol. The zero-order valence-corrected chi connectivity index (χ0v) is 14.2. The van der Waals surface area contributed by atoms with Crippen LogP contribution in [-0.4, -0.2) is 34.7 Å². The van der Waals surface area contributed by atoms with Crippen LogP contribution in [0, 0.1) is 6.92 Å². The molecule has 7 heteroatoms. The zero-order valence-electron chi connectivity index (χ0n) is 12.5. The summed E-state index contributed by atoms with van der Waals surface area (Å²) in [4.78, 5) is 2.23. The summed E-state index contributed by atoms with van der Waals surface area (Å²) in [6.45, 7) is 7.74. The number of hydrogen-bond donors (Lipinski definition) is 2. The van der Waals surface area contributed by atoms with E-state index in [2.05, 4.69) is 10.0 Å². The molecule has 0 aliphatic rings. The molecule has 0 amide bonds. The molecule has 1 aromatic rings. The van der Waals surface area contributed by atoms with Crippen LogP contribution in [0.5, 0.6) is 0 Å². The lowest BCUT2D eigenvalue weighted by molar-refractivity contribution is 0.173. The van der Waals surface area contributed by atoms with Crippen LogP contribution in [0.1, 0.15) is 30.0 Å². The summed E-state index contributed by atoms with van der Waals surface area (Å²) in [5, 5.41) is 3.20. The van der Waals surface area contributed by atoms with E-state index in [1.54, 1.807) is 13.2 Å². The number of hydrogen-bond acceptors (Lipinski definition) is 5. The van der Waals surface area contributed by atoms with E-state index in [1.807, 2.05) is 20.8 Å². The van der Waals surface area contributed by atoms with E-state index in [1.165, 1.54) is 11.3 Å². The molecular formula is C13H24N2O3S2. The lowest BCUT2D eigenvalue weighted by Gasteiger charge is -2.15. The summed E-state index contributed by atoms with van der Waals surface area (Å²) in [5.74, 6) is 0. The van der Waals surface area contributed by atoms with Crippen molar-refractivity contribution in [3.05, 3.63) is 15.8 Å². The molecule has 0 saturated carbocycles. The number of thiophene rings is 1. The number of sulfonamides is 1. The highest BCUT2D eigenvalue weighted by molar-refractivity contribution is 7.89. The van der Waals surface area contributed by atoms with E-state index in [9.17, 15) is 8.42 Å². The lowest BCUT2D eigenvalue weighted by Crippen LogP contribution is -2.37. The van der Waals surface area contributed by atoms with Crippen LogP contribution >= 0.6 is 11.3 Å². The van der Waals surface area contributed by atoms with Crippen LogP contribution in [0.15, 0.2) is 11.0 Å². The van der Waals surface area contributed by atoms with Gasteiger partial charge >= 0.3 is 0 Å². The molecule has 0 aliphatic carbocycles. The Hall–Kier alpha value is -0.470. The maximum Gasteiger partial charge on any atom is 0.242 e. The van der Waals surface area contributed by atoms with Gasteiger partial charge in [-0.2, -0.15) is 0 Å². The molecule has 0 bridgehead atoms. The smallest absolute Gasteiger partial charge is 0.242 e. The van der Waals surface area contributed by atoms with Gasteiger partial charge in [0.2, 0.25) is 10.0 Å². The predicted octanol–water partition coefficient (Wildman–Crippen LogP) is 1.87. The van der Waals surface area contributed by atoms with Gasteiger partial charge in [-0.25, -0.2) is 13.1 Å². The normalized spacial score (nSPS) is 13.6. The van der Waals surface area contributed by atoms with Gasteiger partial charge in [0.1, 0.15) is 0 Å². The first kappa shape index (κ1) is 17.6. The van der Waals surface area contributed by atoms with Crippen molar-refractivity contribution in [1.82, 2.24) is 10.0 Å². The maximum atomic E-state index is 12.4. The van der Waals surface area contributed by atoms with Gasteiger partial charge < -0.3 is 10.1 Å². The highest BCUT2D eigenvalue weighted by atomic mass is 32.2. The highest BCUT2D eigenvalue weighted by Crippen LogP contribution is 2.25. The van der Waals surface area contributed by atoms with E-state index in [-0.39, 0.29) is 6.04 Å². The minimum atomic E-state index is -3.48. The predicted molar refractivity (Wildman–Crippen MR) is 82.7 cm³/mol.